The lowest BCUT2D eigenvalue weighted by molar-refractivity contribution is -0.118. The van der Waals surface area contributed by atoms with Crippen molar-refractivity contribution >= 4 is 15.7 Å². The lowest BCUT2D eigenvalue weighted by atomic mass is 10.2. The maximum absolute atomic E-state index is 11.7. The van der Waals surface area contributed by atoms with Gasteiger partial charge in [-0.25, -0.2) is 8.42 Å². The molecule has 106 valence electrons. The van der Waals surface area contributed by atoms with Crippen molar-refractivity contribution in [2.45, 2.75) is 25.9 Å². The Hall–Kier alpha value is -1.40. The molecule has 0 radical (unpaired) electrons. The Kier molecular flexibility index (Phi) is 5.98. The SMILES string of the molecule is CCC(N)CS(=O)(=O)CC(=O)NCc1ccccc1. The molecule has 0 bridgehead atoms. The first-order valence-electron chi connectivity index (χ1n) is 6.19. The summed E-state index contributed by atoms with van der Waals surface area (Å²) in [6, 6.07) is 8.91. The van der Waals surface area contributed by atoms with Gasteiger partial charge in [-0.2, -0.15) is 0 Å². The minimum atomic E-state index is -3.43. The van der Waals surface area contributed by atoms with Gasteiger partial charge in [0.2, 0.25) is 5.91 Å². The van der Waals surface area contributed by atoms with E-state index in [1.165, 1.54) is 0 Å². The van der Waals surface area contributed by atoms with Crippen molar-refractivity contribution in [2.24, 2.45) is 5.73 Å². The third-order valence-corrected chi connectivity index (χ3v) is 4.31. The summed E-state index contributed by atoms with van der Waals surface area (Å²) >= 11 is 0. The minimum Gasteiger partial charge on any atom is -0.351 e. The van der Waals surface area contributed by atoms with Crippen LogP contribution in [0.25, 0.3) is 0 Å². The van der Waals surface area contributed by atoms with E-state index in [1.807, 2.05) is 37.3 Å². The van der Waals surface area contributed by atoms with E-state index in [-0.39, 0.29) is 5.75 Å². The van der Waals surface area contributed by atoms with Gasteiger partial charge in [-0.3, -0.25) is 4.79 Å². The number of nitrogens with one attached hydrogen (secondary N) is 1. The second-order valence-electron chi connectivity index (χ2n) is 4.49. The van der Waals surface area contributed by atoms with Crippen molar-refractivity contribution in [3.8, 4) is 0 Å². The molecule has 0 aliphatic heterocycles. The molecule has 1 rings (SSSR count). The molecule has 0 heterocycles. The van der Waals surface area contributed by atoms with Crippen LogP contribution in [0.3, 0.4) is 0 Å². The van der Waals surface area contributed by atoms with Crippen LogP contribution < -0.4 is 11.1 Å². The summed E-state index contributed by atoms with van der Waals surface area (Å²) in [6.45, 7) is 2.14. The quantitative estimate of drug-likeness (QED) is 0.761. The third-order valence-electron chi connectivity index (χ3n) is 2.68. The summed E-state index contributed by atoms with van der Waals surface area (Å²) in [7, 11) is -3.43. The number of carbonyl (C=O) groups excluding carboxylic acids is 1. The molecule has 3 N–H and O–H groups in total. The van der Waals surface area contributed by atoms with Gasteiger partial charge in [0.05, 0.1) is 5.75 Å². The Morgan fingerprint density at radius 2 is 1.95 bits per heavy atom. The first kappa shape index (κ1) is 15.7. The van der Waals surface area contributed by atoms with Gasteiger partial charge in [0, 0.05) is 12.6 Å². The Balaban J connectivity index is 2.43. The monoisotopic (exact) mass is 284 g/mol. The van der Waals surface area contributed by atoms with Crippen molar-refractivity contribution in [3.05, 3.63) is 35.9 Å². The van der Waals surface area contributed by atoms with Crippen LogP contribution in [0.1, 0.15) is 18.9 Å². The summed E-state index contributed by atoms with van der Waals surface area (Å²) < 4.78 is 23.4. The molecule has 1 unspecified atom stereocenters. The predicted octanol–water partition coefficient (Wildman–Crippen LogP) is 0.455. The number of amides is 1. The molecule has 1 aromatic carbocycles. The Morgan fingerprint density at radius 3 is 2.53 bits per heavy atom. The second kappa shape index (κ2) is 7.25. The zero-order valence-corrected chi connectivity index (χ0v) is 11.8. The number of hydrogen-bond donors (Lipinski definition) is 2. The summed E-state index contributed by atoms with van der Waals surface area (Å²) in [6.07, 6.45) is 0.574. The fourth-order valence-corrected chi connectivity index (χ4v) is 3.06. The zero-order valence-electron chi connectivity index (χ0n) is 11.0. The van der Waals surface area contributed by atoms with Gasteiger partial charge < -0.3 is 11.1 Å². The summed E-state index contributed by atoms with van der Waals surface area (Å²) in [5.74, 6) is -1.15. The number of hydrogen-bond acceptors (Lipinski definition) is 4. The Morgan fingerprint density at radius 1 is 1.32 bits per heavy atom. The van der Waals surface area contributed by atoms with Crippen molar-refractivity contribution in [3.63, 3.8) is 0 Å². The molecule has 6 heteroatoms. The maximum atomic E-state index is 11.7. The van der Waals surface area contributed by atoms with Gasteiger partial charge in [-0.05, 0) is 12.0 Å². The molecule has 5 nitrogen and oxygen atoms in total. The lowest BCUT2D eigenvalue weighted by Crippen LogP contribution is -2.36. The number of rotatable bonds is 7. The van der Waals surface area contributed by atoms with Crippen molar-refractivity contribution in [1.29, 1.82) is 0 Å². The maximum Gasteiger partial charge on any atom is 0.235 e. The van der Waals surface area contributed by atoms with Crippen LogP contribution in [-0.2, 0) is 21.2 Å². The van der Waals surface area contributed by atoms with Gasteiger partial charge in [0.1, 0.15) is 5.75 Å². The molecule has 0 saturated carbocycles. The standard InChI is InChI=1S/C13H20N2O3S/c1-2-12(14)9-19(17,18)10-13(16)15-8-11-6-4-3-5-7-11/h3-7,12H,2,8-10,14H2,1H3,(H,15,16). The van der Waals surface area contributed by atoms with Crippen molar-refractivity contribution in [1.82, 2.24) is 5.32 Å². The Bertz CT molecular complexity index is 500. The van der Waals surface area contributed by atoms with Crippen molar-refractivity contribution in [2.75, 3.05) is 11.5 Å². The Labute approximate surface area is 114 Å². The van der Waals surface area contributed by atoms with Crippen LogP contribution in [0.4, 0.5) is 0 Å². The molecule has 0 fully saturated rings. The first-order valence-corrected chi connectivity index (χ1v) is 8.01. The highest BCUT2D eigenvalue weighted by molar-refractivity contribution is 7.92. The highest BCUT2D eigenvalue weighted by Gasteiger charge is 2.19. The van der Waals surface area contributed by atoms with Gasteiger partial charge in [0.25, 0.3) is 0 Å². The van der Waals surface area contributed by atoms with E-state index in [0.29, 0.717) is 13.0 Å². The molecule has 1 amide bonds. The number of sulfone groups is 1. The fourth-order valence-electron chi connectivity index (χ4n) is 1.55. The molecule has 0 aliphatic rings. The second-order valence-corrected chi connectivity index (χ2v) is 6.59. The lowest BCUT2D eigenvalue weighted by Gasteiger charge is -2.10. The van der Waals surface area contributed by atoms with Gasteiger partial charge >= 0.3 is 0 Å². The highest BCUT2D eigenvalue weighted by atomic mass is 32.2. The van der Waals surface area contributed by atoms with Gasteiger partial charge in [-0.1, -0.05) is 37.3 Å². The third kappa shape index (κ3) is 6.35. The molecule has 0 aromatic heterocycles. The molecular weight excluding hydrogens is 264 g/mol. The van der Waals surface area contributed by atoms with E-state index in [0.717, 1.165) is 5.56 Å². The highest BCUT2D eigenvalue weighted by Crippen LogP contribution is 1.99. The van der Waals surface area contributed by atoms with Crippen LogP contribution in [-0.4, -0.2) is 31.9 Å². The first-order chi connectivity index (χ1) is 8.93. The summed E-state index contributed by atoms with van der Waals surface area (Å²) in [5.41, 5.74) is 6.52. The molecule has 0 saturated heterocycles. The fraction of sp³-hybridized carbons (Fsp3) is 0.462. The number of carbonyl (C=O) groups is 1. The van der Waals surface area contributed by atoms with Crippen molar-refractivity contribution < 1.29 is 13.2 Å². The zero-order chi connectivity index (χ0) is 14.3. The molecular formula is C13H20N2O3S. The summed E-state index contributed by atoms with van der Waals surface area (Å²) in [5, 5.41) is 2.59. The van der Waals surface area contributed by atoms with E-state index in [2.05, 4.69) is 5.32 Å². The van der Waals surface area contributed by atoms with E-state index in [4.69, 9.17) is 5.73 Å². The normalized spacial score (nSPS) is 12.9. The topological polar surface area (TPSA) is 89.3 Å². The van der Waals surface area contributed by atoms with E-state index in [9.17, 15) is 13.2 Å². The molecule has 1 atom stereocenters. The summed E-state index contributed by atoms with van der Waals surface area (Å²) in [4.78, 5) is 11.6. The van der Waals surface area contributed by atoms with Gasteiger partial charge in [0.15, 0.2) is 9.84 Å². The average Bonchev–Trinajstić information content (AvgIpc) is 2.36. The van der Waals surface area contributed by atoms with Gasteiger partial charge in [-0.15, -0.1) is 0 Å². The van der Waals surface area contributed by atoms with E-state index >= 15 is 0 Å². The molecule has 0 aliphatic carbocycles. The van der Waals surface area contributed by atoms with Crippen LogP contribution in [0.15, 0.2) is 30.3 Å². The smallest absolute Gasteiger partial charge is 0.235 e. The van der Waals surface area contributed by atoms with E-state index in [1.54, 1.807) is 0 Å². The molecule has 19 heavy (non-hydrogen) atoms. The van der Waals surface area contributed by atoms with Crippen LogP contribution in [0, 0.1) is 0 Å². The number of nitrogens with two attached hydrogens (primary N) is 1. The number of benzene rings is 1. The largest absolute Gasteiger partial charge is 0.351 e. The van der Waals surface area contributed by atoms with Crippen LogP contribution in [0.2, 0.25) is 0 Å². The molecule has 1 aromatic rings. The average molecular weight is 284 g/mol. The van der Waals surface area contributed by atoms with E-state index < -0.39 is 27.5 Å². The van der Waals surface area contributed by atoms with Crippen LogP contribution in [0.5, 0.6) is 0 Å². The predicted molar refractivity (Wildman–Crippen MR) is 75.2 cm³/mol. The minimum absolute atomic E-state index is 0.151. The van der Waals surface area contributed by atoms with Crippen LogP contribution >= 0.6 is 0 Å². The molecule has 0 spiro atoms.